The van der Waals surface area contributed by atoms with Gasteiger partial charge in [0.15, 0.2) is 0 Å². The predicted molar refractivity (Wildman–Crippen MR) is 87.9 cm³/mol. The van der Waals surface area contributed by atoms with Gasteiger partial charge in [-0.3, -0.25) is 4.79 Å². The van der Waals surface area contributed by atoms with E-state index in [1.165, 1.54) is 19.3 Å². The Morgan fingerprint density at radius 1 is 1.24 bits per heavy atom. The van der Waals surface area contributed by atoms with Crippen LogP contribution < -0.4 is 5.73 Å². The molecule has 1 amide bonds. The molecule has 0 aromatic rings. The lowest BCUT2D eigenvalue weighted by Crippen LogP contribution is -2.40. The molecule has 1 saturated carbocycles. The van der Waals surface area contributed by atoms with Gasteiger partial charge in [-0.15, -0.1) is 0 Å². The average Bonchev–Trinajstić information content (AvgIpc) is 2.56. The molecule has 4 atom stereocenters. The van der Waals surface area contributed by atoms with E-state index in [1.54, 1.807) is 0 Å². The minimum Gasteiger partial charge on any atom is -0.339 e. The molecule has 2 bridgehead atoms. The van der Waals surface area contributed by atoms with Crippen LogP contribution in [0.5, 0.6) is 0 Å². The molecule has 0 aromatic heterocycles. The number of carbonyl (C=O) groups is 1. The SMILES string of the molecule is CC(N)CCCC(C)C(=O)N1CC2(C)CC1CC(C)(C)C2. The summed E-state index contributed by atoms with van der Waals surface area (Å²) in [5.41, 5.74) is 6.52. The molecule has 1 aliphatic carbocycles. The van der Waals surface area contributed by atoms with Gasteiger partial charge in [-0.05, 0) is 49.9 Å². The topological polar surface area (TPSA) is 46.3 Å². The van der Waals surface area contributed by atoms with Gasteiger partial charge in [0.25, 0.3) is 0 Å². The molecule has 21 heavy (non-hydrogen) atoms. The first-order chi connectivity index (χ1) is 9.62. The molecule has 3 heteroatoms. The number of hydrogen-bond acceptors (Lipinski definition) is 2. The van der Waals surface area contributed by atoms with E-state index in [0.717, 1.165) is 25.8 Å². The summed E-state index contributed by atoms with van der Waals surface area (Å²) in [7, 11) is 0. The second-order valence-corrected chi connectivity index (χ2v) is 8.99. The molecule has 2 rings (SSSR count). The van der Waals surface area contributed by atoms with Crippen LogP contribution in [0.2, 0.25) is 0 Å². The fraction of sp³-hybridized carbons (Fsp3) is 0.944. The van der Waals surface area contributed by atoms with E-state index in [1.807, 2.05) is 6.92 Å². The summed E-state index contributed by atoms with van der Waals surface area (Å²) in [6.07, 6.45) is 6.68. The van der Waals surface area contributed by atoms with Gasteiger partial charge in [0, 0.05) is 24.5 Å². The zero-order valence-corrected chi connectivity index (χ0v) is 14.6. The Kier molecular flexibility index (Phi) is 4.72. The van der Waals surface area contributed by atoms with Gasteiger partial charge >= 0.3 is 0 Å². The van der Waals surface area contributed by atoms with E-state index in [0.29, 0.717) is 22.8 Å². The van der Waals surface area contributed by atoms with E-state index >= 15 is 0 Å². The summed E-state index contributed by atoms with van der Waals surface area (Å²) in [5, 5.41) is 0. The molecule has 2 N–H and O–H groups in total. The molecular formula is C18H34N2O. The van der Waals surface area contributed by atoms with Crippen molar-refractivity contribution in [1.29, 1.82) is 0 Å². The molecule has 1 saturated heterocycles. The summed E-state index contributed by atoms with van der Waals surface area (Å²) in [6, 6.07) is 0.722. The van der Waals surface area contributed by atoms with Crippen LogP contribution in [0, 0.1) is 16.7 Å². The first kappa shape index (κ1) is 16.8. The number of hydrogen-bond donors (Lipinski definition) is 1. The maximum atomic E-state index is 12.8. The van der Waals surface area contributed by atoms with Crippen LogP contribution in [-0.2, 0) is 4.79 Å². The number of nitrogens with zero attached hydrogens (tertiary/aromatic N) is 1. The number of nitrogens with two attached hydrogens (primary N) is 1. The van der Waals surface area contributed by atoms with E-state index in [2.05, 4.69) is 32.6 Å². The Bertz CT molecular complexity index is 391. The monoisotopic (exact) mass is 294 g/mol. The lowest BCUT2D eigenvalue weighted by molar-refractivity contribution is -0.136. The van der Waals surface area contributed by atoms with Crippen LogP contribution in [0.4, 0.5) is 0 Å². The third-order valence-electron chi connectivity index (χ3n) is 5.42. The molecular weight excluding hydrogens is 260 g/mol. The molecule has 2 aliphatic rings. The molecule has 0 radical (unpaired) electrons. The maximum absolute atomic E-state index is 12.8. The van der Waals surface area contributed by atoms with E-state index in [9.17, 15) is 4.79 Å². The number of likely N-dealkylation sites (tertiary alicyclic amines) is 1. The highest BCUT2D eigenvalue weighted by atomic mass is 16.2. The van der Waals surface area contributed by atoms with Gasteiger partial charge in [-0.1, -0.05) is 34.1 Å². The minimum absolute atomic E-state index is 0.148. The molecule has 0 spiro atoms. The van der Waals surface area contributed by atoms with Gasteiger partial charge < -0.3 is 10.6 Å². The summed E-state index contributed by atoms with van der Waals surface area (Å²) in [4.78, 5) is 15.0. The van der Waals surface area contributed by atoms with Crippen LogP contribution in [0.25, 0.3) is 0 Å². The Hall–Kier alpha value is -0.570. The number of rotatable bonds is 5. The van der Waals surface area contributed by atoms with Crippen LogP contribution in [0.15, 0.2) is 0 Å². The van der Waals surface area contributed by atoms with Crippen molar-refractivity contribution in [1.82, 2.24) is 4.90 Å². The van der Waals surface area contributed by atoms with Crippen LogP contribution in [0.1, 0.15) is 73.1 Å². The van der Waals surface area contributed by atoms with Crippen molar-refractivity contribution in [2.24, 2.45) is 22.5 Å². The fourth-order valence-electron chi connectivity index (χ4n) is 4.87. The normalized spacial score (nSPS) is 33.8. The highest BCUT2D eigenvalue weighted by Crippen LogP contribution is 2.52. The maximum Gasteiger partial charge on any atom is 0.225 e. The minimum atomic E-state index is 0.148. The first-order valence-corrected chi connectivity index (χ1v) is 8.68. The number of fused-ring (bicyclic) bond motifs is 2. The average molecular weight is 294 g/mol. The summed E-state index contributed by atoms with van der Waals surface area (Å²) in [6.45, 7) is 12.2. The molecule has 3 nitrogen and oxygen atoms in total. The lowest BCUT2D eigenvalue weighted by atomic mass is 9.65. The smallest absolute Gasteiger partial charge is 0.225 e. The van der Waals surface area contributed by atoms with Crippen molar-refractivity contribution in [3.8, 4) is 0 Å². The van der Waals surface area contributed by atoms with E-state index < -0.39 is 0 Å². The highest BCUT2D eigenvalue weighted by Gasteiger charge is 2.51. The molecule has 0 aromatic carbocycles. The van der Waals surface area contributed by atoms with E-state index in [4.69, 9.17) is 5.73 Å². The van der Waals surface area contributed by atoms with Gasteiger partial charge in [0.2, 0.25) is 5.91 Å². The lowest BCUT2D eigenvalue weighted by Gasteiger charge is -2.39. The fourth-order valence-corrected chi connectivity index (χ4v) is 4.87. The standard InChI is InChI=1S/C18H34N2O/c1-13(7-6-8-14(2)19)16(21)20-12-18(5)10-15(20)9-17(3,4)11-18/h13-15H,6-12,19H2,1-5H3. The van der Waals surface area contributed by atoms with Crippen molar-refractivity contribution in [2.75, 3.05) is 6.54 Å². The Labute approximate surface area is 130 Å². The zero-order chi connectivity index (χ0) is 15.8. The Balaban J connectivity index is 1.94. The molecule has 2 fully saturated rings. The zero-order valence-electron chi connectivity index (χ0n) is 14.6. The second kappa shape index (κ2) is 5.91. The van der Waals surface area contributed by atoms with Gasteiger partial charge in [-0.2, -0.15) is 0 Å². The molecule has 1 heterocycles. The van der Waals surface area contributed by atoms with Gasteiger partial charge in [0.1, 0.15) is 0 Å². The third-order valence-corrected chi connectivity index (χ3v) is 5.42. The van der Waals surface area contributed by atoms with Gasteiger partial charge in [-0.25, -0.2) is 0 Å². The second-order valence-electron chi connectivity index (χ2n) is 8.99. The number of carbonyl (C=O) groups excluding carboxylic acids is 1. The van der Waals surface area contributed by atoms with Crippen molar-refractivity contribution in [3.63, 3.8) is 0 Å². The third kappa shape index (κ3) is 4.00. The van der Waals surface area contributed by atoms with Crippen molar-refractivity contribution in [3.05, 3.63) is 0 Å². The first-order valence-electron chi connectivity index (χ1n) is 8.68. The summed E-state index contributed by atoms with van der Waals surface area (Å²) in [5.74, 6) is 0.529. The molecule has 122 valence electrons. The van der Waals surface area contributed by atoms with Crippen LogP contribution in [-0.4, -0.2) is 29.4 Å². The van der Waals surface area contributed by atoms with Crippen molar-refractivity contribution in [2.45, 2.75) is 85.2 Å². The summed E-state index contributed by atoms with van der Waals surface area (Å²) < 4.78 is 0. The van der Waals surface area contributed by atoms with Gasteiger partial charge in [0.05, 0.1) is 0 Å². The molecule has 4 unspecified atom stereocenters. The van der Waals surface area contributed by atoms with Crippen LogP contribution >= 0.6 is 0 Å². The van der Waals surface area contributed by atoms with Crippen molar-refractivity contribution < 1.29 is 4.79 Å². The Morgan fingerprint density at radius 2 is 1.90 bits per heavy atom. The van der Waals surface area contributed by atoms with E-state index in [-0.39, 0.29) is 12.0 Å². The van der Waals surface area contributed by atoms with Crippen molar-refractivity contribution >= 4 is 5.91 Å². The quantitative estimate of drug-likeness (QED) is 0.842. The highest BCUT2D eigenvalue weighted by molar-refractivity contribution is 5.79. The van der Waals surface area contributed by atoms with Crippen LogP contribution in [0.3, 0.4) is 0 Å². The predicted octanol–water partition coefficient (Wildman–Crippen LogP) is 3.57. The molecule has 1 aliphatic heterocycles. The number of amides is 1. The largest absolute Gasteiger partial charge is 0.339 e. The summed E-state index contributed by atoms with van der Waals surface area (Å²) >= 11 is 0. The Morgan fingerprint density at radius 3 is 2.52 bits per heavy atom.